The maximum atomic E-state index is 12.5. The smallest absolute Gasteiger partial charge is 0.319 e. The normalized spacial score (nSPS) is 13.0. The molecular weight excluding hydrogens is 346 g/mol. The number of carbonyl (C=O) groups excluding carboxylic acids is 2. The summed E-state index contributed by atoms with van der Waals surface area (Å²) in [5, 5.41) is 19.4. The molecule has 4 rings (SSSR count). The zero-order valence-corrected chi connectivity index (χ0v) is 14.3. The molecule has 0 spiro atoms. The molecule has 1 aliphatic rings. The first kappa shape index (κ1) is 16.7. The molecule has 3 N–H and O–H groups in total. The summed E-state index contributed by atoms with van der Waals surface area (Å²) < 4.78 is 1.48. The molecule has 1 saturated carbocycles. The predicted octanol–water partition coefficient (Wildman–Crippen LogP) is 2.20. The molecule has 0 unspecified atom stereocenters. The number of anilines is 2. The highest BCUT2D eigenvalue weighted by atomic mass is 16.2. The molecule has 3 amide bonds. The summed E-state index contributed by atoms with van der Waals surface area (Å²) in [4.78, 5) is 24.2. The van der Waals surface area contributed by atoms with Gasteiger partial charge in [0, 0.05) is 23.0 Å². The molecule has 0 radical (unpaired) electrons. The van der Waals surface area contributed by atoms with E-state index in [0.717, 1.165) is 12.8 Å². The number of benzene rings is 2. The van der Waals surface area contributed by atoms with E-state index in [2.05, 4.69) is 31.5 Å². The molecule has 136 valence electrons. The number of tetrazole rings is 1. The topological polar surface area (TPSA) is 114 Å². The Labute approximate surface area is 154 Å². The number of rotatable bonds is 5. The van der Waals surface area contributed by atoms with Crippen LogP contribution in [0.4, 0.5) is 16.2 Å². The molecule has 9 nitrogen and oxygen atoms in total. The van der Waals surface area contributed by atoms with Crippen molar-refractivity contribution >= 4 is 23.3 Å². The van der Waals surface area contributed by atoms with Crippen LogP contribution in [0, 0.1) is 0 Å². The van der Waals surface area contributed by atoms with Crippen LogP contribution in [0.15, 0.2) is 54.9 Å². The molecule has 3 aromatic rings. The molecule has 0 atom stereocenters. The first-order valence-electron chi connectivity index (χ1n) is 8.50. The average Bonchev–Trinajstić information content (AvgIpc) is 3.31. The van der Waals surface area contributed by atoms with Gasteiger partial charge in [-0.2, -0.15) is 0 Å². The van der Waals surface area contributed by atoms with E-state index >= 15 is 0 Å². The van der Waals surface area contributed by atoms with Crippen LogP contribution in [-0.2, 0) is 0 Å². The van der Waals surface area contributed by atoms with Crippen LogP contribution in [0.25, 0.3) is 5.69 Å². The van der Waals surface area contributed by atoms with Crippen LogP contribution in [0.3, 0.4) is 0 Å². The fourth-order valence-electron chi connectivity index (χ4n) is 2.49. The highest BCUT2D eigenvalue weighted by Crippen LogP contribution is 2.19. The molecular formula is C18H17N7O2. The second-order valence-electron chi connectivity index (χ2n) is 6.21. The minimum Gasteiger partial charge on any atom is -0.335 e. The Kier molecular flexibility index (Phi) is 4.48. The Morgan fingerprint density at radius 1 is 1.00 bits per heavy atom. The third kappa shape index (κ3) is 4.27. The number of nitrogens with zero attached hydrogens (tertiary/aromatic N) is 4. The molecule has 1 fully saturated rings. The zero-order chi connectivity index (χ0) is 18.6. The van der Waals surface area contributed by atoms with Gasteiger partial charge in [0.25, 0.3) is 5.91 Å². The van der Waals surface area contributed by atoms with Crippen molar-refractivity contribution in [3.63, 3.8) is 0 Å². The number of hydrogen-bond donors (Lipinski definition) is 3. The van der Waals surface area contributed by atoms with Gasteiger partial charge in [0.05, 0.1) is 5.69 Å². The maximum Gasteiger partial charge on any atom is 0.319 e. The summed E-state index contributed by atoms with van der Waals surface area (Å²) in [5.41, 5.74) is 2.45. The maximum absolute atomic E-state index is 12.5. The van der Waals surface area contributed by atoms with Gasteiger partial charge in [-0.15, -0.1) is 5.10 Å². The summed E-state index contributed by atoms with van der Waals surface area (Å²) in [6, 6.07) is 14.0. The van der Waals surface area contributed by atoms with Gasteiger partial charge in [-0.25, -0.2) is 9.48 Å². The lowest BCUT2D eigenvalue weighted by molar-refractivity contribution is 0.102. The molecule has 0 aliphatic heterocycles. The molecule has 2 aromatic carbocycles. The van der Waals surface area contributed by atoms with Gasteiger partial charge in [-0.3, -0.25) is 4.79 Å². The first-order valence-corrected chi connectivity index (χ1v) is 8.50. The third-order valence-electron chi connectivity index (χ3n) is 4.04. The lowest BCUT2D eigenvalue weighted by Crippen LogP contribution is -2.30. The molecule has 0 saturated heterocycles. The largest absolute Gasteiger partial charge is 0.335 e. The summed E-state index contributed by atoms with van der Waals surface area (Å²) >= 11 is 0. The van der Waals surface area contributed by atoms with Gasteiger partial charge in [-0.1, -0.05) is 6.07 Å². The lowest BCUT2D eigenvalue weighted by Gasteiger charge is -2.09. The Balaban J connectivity index is 1.39. The van der Waals surface area contributed by atoms with Crippen molar-refractivity contribution in [1.29, 1.82) is 0 Å². The van der Waals surface area contributed by atoms with Crippen molar-refractivity contribution in [3.8, 4) is 5.69 Å². The number of carbonyl (C=O) groups is 2. The third-order valence-corrected chi connectivity index (χ3v) is 4.04. The van der Waals surface area contributed by atoms with Crippen molar-refractivity contribution < 1.29 is 9.59 Å². The van der Waals surface area contributed by atoms with Gasteiger partial charge in [0.2, 0.25) is 0 Å². The van der Waals surface area contributed by atoms with Crippen LogP contribution in [-0.4, -0.2) is 38.2 Å². The average molecular weight is 363 g/mol. The minimum absolute atomic E-state index is 0.214. The van der Waals surface area contributed by atoms with Crippen LogP contribution < -0.4 is 16.0 Å². The Morgan fingerprint density at radius 2 is 1.74 bits per heavy atom. The monoisotopic (exact) mass is 363 g/mol. The quantitative estimate of drug-likeness (QED) is 0.643. The van der Waals surface area contributed by atoms with E-state index < -0.39 is 0 Å². The van der Waals surface area contributed by atoms with Crippen molar-refractivity contribution in [1.82, 2.24) is 25.5 Å². The van der Waals surface area contributed by atoms with Crippen LogP contribution in [0.5, 0.6) is 0 Å². The number of urea groups is 1. The van der Waals surface area contributed by atoms with E-state index in [1.807, 2.05) is 0 Å². The van der Waals surface area contributed by atoms with E-state index in [1.165, 1.54) is 11.0 Å². The Hall–Kier alpha value is -3.75. The van der Waals surface area contributed by atoms with Crippen molar-refractivity contribution in [2.75, 3.05) is 10.6 Å². The Bertz CT molecular complexity index is 950. The number of hydrogen-bond acceptors (Lipinski definition) is 5. The molecule has 27 heavy (non-hydrogen) atoms. The fraction of sp³-hybridized carbons (Fsp3) is 0.167. The molecule has 1 heterocycles. The van der Waals surface area contributed by atoms with Crippen LogP contribution >= 0.6 is 0 Å². The predicted molar refractivity (Wildman–Crippen MR) is 98.7 cm³/mol. The highest BCUT2D eigenvalue weighted by molar-refractivity contribution is 6.04. The van der Waals surface area contributed by atoms with Gasteiger partial charge in [0.1, 0.15) is 6.33 Å². The fourth-order valence-corrected chi connectivity index (χ4v) is 2.49. The molecule has 9 heteroatoms. The zero-order valence-electron chi connectivity index (χ0n) is 14.3. The van der Waals surface area contributed by atoms with E-state index in [-0.39, 0.29) is 11.9 Å². The van der Waals surface area contributed by atoms with Gasteiger partial charge in [-0.05, 0) is 65.7 Å². The standard InChI is InChI=1S/C18H17N7O2/c26-17(12-2-1-3-16(10-12)25-11-19-23-24-25)20-13-4-6-14(7-5-13)21-18(27)22-15-8-9-15/h1-7,10-11,15H,8-9H2,(H,20,26)(H2,21,22,27). The SMILES string of the molecule is O=C(Nc1ccc(NC(=O)c2cccc(-n3cnnn3)c2)cc1)NC1CC1. The van der Waals surface area contributed by atoms with Gasteiger partial charge in [0.15, 0.2) is 0 Å². The van der Waals surface area contributed by atoms with Crippen LogP contribution in [0.2, 0.25) is 0 Å². The molecule has 1 aromatic heterocycles. The summed E-state index contributed by atoms with van der Waals surface area (Å²) in [6.45, 7) is 0. The van der Waals surface area contributed by atoms with Crippen molar-refractivity contribution in [2.45, 2.75) is 18.9 Å². The highest BCUT2D eigenvalue weighted by Gasteiger charge is 2.23. The number of nitrogens with one attached hydrogen (secondary N) is 3. The first-order chi connectivity index (χ1) is 13.2. The number of aromatic nitrogens is 4. The van der Waals surface area contributed by atoms with E-state index in [4.69, 9.17) is 0 Å². The summed E-state index contributed by atoms with van der Waals surface area (Å²) in [6.07, 6.45) is 3.53. The second-order valence-corrected chi connectivity index (χ2v) is 6.21. The van der Waals surface area contributed by atoms with E-state index in [1.54, 1.807) is 48.5 Å². The lowest BCUT2D eigenvalue weighted by atomic mass is 10.2. The number of amides is 3. The van der Waals surface area contributed by atoms with Crippen LogP contribution in [0.1, 0.15) is 23.2 Å². The van der Waals surface area contributed by atoms with Crippen molar-refractivity contribution in [3.05, 3.63) is 60.4 Å². The summed E-state index contributed by atoms with van der Waals surface area (Å²) in [5.74, 6) is -0.253. The van der Waals surface area contributed by atoms with E-state index in [0.29, 0.717) is 28.7 Å². The summed E-state index contributed by atoms with van der Waals surface area (Å²) in [7, 11) is 0. The van der Waals surface area contributed by atoms with Crippen molar-refractivity contribution in [2.24, 2.45) is 0 Å². The molecule has 1 aliphatic carbocycles. The van der Waals surface area contributed by atoms with Gasteiger partial charge < -0.3 is 16.0 Å². The van der Waals surface area contributed by atoms with E-state index in [9.17, 15) is 9.59 Å². The minimum atomic E-state index is -0.253. The van der Waals surface area contributed by atoms with Gasteiger partial charge >= 0.3 is 6.03 Å². The second kappa shape index (κ2) is 7.24. The molecule has 0 bridgehead atoms. The Morgan fingerprint density at radius 3 is 2.41 bits per heavy atom.